The summed E-state index contributed by atoms with van der Waals surface area (Å²) < 4.78 is 0. The number of hydrogen-bond acceptors (Lipinski definition) is 3. The second-order valence-electron chi connectivity index (χ2n) is 4.13. The molecule has 1 heterocycles. The van der Waals surface area contributed by atoms with Gasteiger partial charge in [0.25, 0.3) is 5.91 Å². The van der Waals surface area contributed by atoms with Crippen LogP contribution in [0.2, 0.25) is 0 Å². The van der Waals surface area contributed by atoms with E-state index in [1.165, 1.54) is 4.90 Å². The predicted octanol–water partition coefficient (Wildman–Crippen LogP) is -0.253. The van der Waals surface area contributed by atoms with Gasteiger partial charge in [0.2, 0.25) is 5.91 Å². The van der Waals surface area contributed by atoms with Crippen LogP contribution in [-0.2, 0) is 4.79 Å². The second-order valence-corrected chi connectivity index (χ2v) is 4.13. The Labute approximate surface area is 98.8 Å². The first kappa shape index (κ1) is 11.6. The summed E-state index contributed by atoms with van der Waals surface area (Å²) in [5.41, 5.74) is 5.72. The molecular formula is C12H14N2O3. The average Bonchev–Trinajstić information content (AvgIpc) is 2.72. The Kier molecular flexibility index (Phi) is 3.10. The number of nitrogens with two attached hydrogens (primary N) is 1. The van der Waals surface area contributed by atoms with E-state index in [0.29, 0.717) is 5.56 Å². The second kappa shape index (κ2) is 4.55. The lowest BCUT2D eigenvalue weighted by Crippen LogP contribution is -2.43. The number of carbonyl (C=O) groups is 2. The van der Waals surface area contributed by atoms with Gasteiger partial charge in [0.15, 0.2) is 0 Å². The van der Waals surface area contributed by atoms with Crippen LogP contribution in [0.1, 0.15) is 16.8 Å². The summed E-state index contributed by atoms with van der Waals surface area (Å²) in [6, 6.07) is 7.94. The molecule has 1 aliphatic heterocycles. The molecule has 1 aromatic carbocycles. The van der Waals surface area contributed by atoms with Gasteiger partial charge in [-0.05, 0) is 12.1 Å². The fraction of sp³-hybridized carbons (Fsp3) is 0.333. The normalized spacial score (nSPS) is 23.7. The van der Waals surface area contributed by atoms with E-state index in [4.69, 9.17) is 5.73 Å². The molecule has 1 aliphatic rings. The maximum absolute atomic E-state index is 12.1. The molecule has 0 aliphatic carbocycles. The highest BCUT2D eigenvalue weighted by Gasteiger charge is 2.37. The maximum atomic E-state index is 12.1. The van der Waals surface area contributed by atoms with E-state index in [1.807, 2.05) is 0 Å². The number of carbonyl (C=O) groups excluding carboxylic acids is 2. The molecule has 2 rings (SSSR count). The van der Waals surface area contributed by atoms with Crippen LogP contribution in [0.25, 0.3) is 0 Å². The molecule has 2 amide bonds. The number of primary amides is 1. The Morgan fingerprint density at radius 3 is 2.53 bits per heavy atom. The highest BCUT2D eigenvalue weighted by molar-refractivity contribution is 5.97. The molecule has 3 N–H and O–H groups in total. The highest BCUT2D eigenvalue weighted by Crippen LogP contribution is 2.20. The van der Waals surface area contributed by atoms with E-state index in [1.54, 1.807) is 30.3 Å². The van der Waals surface area contributed by atoms with Gasteiger partial charge in [0.1, 0.15) is 6.04 Å². The summed E-state index contributed by atoms with van der Waals surface area (Å²) in [5.74, 6) is -0.850. The van der Waals surface area contributed by atoms with Gasteiger partial charge in [-0.2, -0.15) is 0 Å². The van der Waals surface area contributed by atoms with Crippen molar-refractivity contribution in [1.82, 2.24) is 4.90 Å². The van der Waals surface area contributed by atoms with Crippen LogP contribution in [0.5, 0.6) is 0 Å². The third-order valence-corrected chi connectivity index (χ3v) is 2.89. The van der Waals surface area contributed by atoms with E-state index < -0.39 is 18.1 Å². The Morgan fingerprint density at radius 2 is 1.94 bits per heavy atom. The molecule has 0 unspecified atom stereocenters. The van der Waals surface area contributed by atoms with E-state index in [-0.39, 0.29) is 18.9 Å². The molecule has 17 heavy (non-hydrogen) atoms. The van der Waals surface area contributed by atoms with Gasteiger partial charge in [0.05, 0.1) is 6.10 Å². The van der Waals surface area contributed by atoms with Gasteiger partial charge in [-0.1, -0.05) is 18.2 Å². The number of amides is 2. The van der Waals surface area contributed by atoms with Crippen LogP contribution in [0.15, 0.2) is 30.3 Å². The van der Waals surface area contributed by atoms with Crippen molar-refractivity contribution in [2.45, 2.75) is 18.6 Å². The van der Waals surface area contributed by atoms with Crippen molar-refractivity contribution in [2.24, 2.45) is 5.73 Å². The minimum absolute atomic E-state index is 0.154. The van der Waals surface area contributed by atoms with Crippen molar-refractivity contribution >= 4 is 11.8 Å². The predicted molar refractivity (Wildman–Crippen MR) is 61.1 cm³/mol. The Balaban J connectivity index is 2.22. The largest absolute Gasteiger partial charge is 0.391 e. The number of aliphatic hydroxyl groups is 1. The molecule has 0 spiro atoms. The molecule has 1 fully saturated rings. The lowest BCUT2D eigenvalue weighted by atomic mass is 10.1. The molecule has 1 saturated heterocycles. The average molecular weight is 234 g/mol. The van der Waals surface area contributed by atoms with Crippen molar-refractivity contribution in [2.75, 3.05) is 6.54 Å². The zero-order valence-electron chi connectivity index (χ0n) is 9.24. The first-order valence-corrected chi connectivity index (χ1v) is 5.43. The van der Waals surface area contributed by atoms with Gasteiger partial charge in [-0.3, -0.25) is 9.59 Å². The molecular weight excluding hydrogens is 220 g/mol. The van der Waals surface area contributed by atoms with E-state index in [2.05, 4.69) is 0 Å². The van der Waals surface area contributed by atoms with E-state index in [9.17, 15) is 14.7 Å². The topological polar surface area (TPSA) is 83.6 Å². The van der Waals surface area contributed by atoms with Crippen molar-refractivity contribution in [3.05, 3.63) is 35.9 Å². The third kappa shape index (κ3) is 2.29. The van der Waals surface area contributed by atoms with Crippen molar-refractivity contribution in [3.8, 4) is 0 Å². The number of β-amino-alcohol motifs (C(OH)–C–C–N with tert-alkyl or cyclic N) is 1. The van der Waals surface area contributed by atoms with E-state index in [0.717, 1.165) is 0 Å². The van der Waals surface area contributed by atoms with E-state index >= 15 is 0 Å². The number of benzene rings is 1. The zero-order chi connectivity index (χ0) is 12.4. The fourth-order valence-electron chi connectivity index (χ4n) is 2.05. The minimum atomic E-state index is -0.710. The molecule has 0 bridgehead atoms. The molecule has 1 aromatic rings. The van der Waals surface area contributed by atoms with Gasteiger partial charge >= 0.3 is 0 Å². The van der Waals surface area contributed by atoms with Crippen LogP contribution < -0.4 is 5.73 Å². The molecule has 90 valence electrons. The number of nitrogens with zero attached hydrogens (tertiary/aromatic N) is 1. The van der Waals surface area contributed by atoms with Gasteiger partial charge in [-0.25, -0.2) is 0 Å². The standard InChI is InChI=1S/C12H14N2O3/c13-11(16)10-6-9(15)7-14(10)12(17)8-4-2-1-3-5-8/h1-5,9-10,15H,6-7H2,(H2,13,16)/t9-,10+/m0/s1. The monoisotopic (exact) mass is 234 g/mol. The number of likely N-dealkylation sites (tertiary alicyclic amines) is 1. The summed E-state index contributed by atoms with van der Waals surface area (Å²) in [4.78, 5) is 24.7. The molecule has 5 heteroatoms. The third-order valence-electron chi connectivity index (χ3n) is 2.89. The summed E-state index contributed by atoms with van der Waals surface area (Å²) in [6.07, 6.45) is -0.464. The number of hydrogen-bond donors (Lipinski definition) is 2. The summed E-state index contributed by atoms with van der Waals surface area (Å²) in [5, 5.41) is 9.51. The summed E-state index contributed by atoms with van der Waals surface area (Å²) >= 11 is 0. The van der Waals surface area contributed by atoms with Crippen LogP contribution >= 0.6 is 0 Å². The summed E-state index contributed by atoms with van der Waals surface area (Å²) in [7, 11) is 0. The Morgan fingerprint density at radius 1 is 1.29 bits per heavy atom. The number of aliphatic hydroxyl groups excluding tert-OH is 1. The smallest absolute Gasteiger partial charge is 0.254 e. The van der Waals surface area contributed by atoms with Crippen LogP contribution in [0.3, 0.4) is 0 Å². The Bertz CT molecular complexity index is 433. The van der Waals surface area contributed by atoms with Crippen molar-refractivity contribution < 1.29 is 14.7 Å². The molecule has 2 atom stereocenters. The molecule has 0 saturated carbocycles. The van der Waals surface area contributed by atoms with Crippen LogP contribution in [-0.4, -0.2) is 40.5 Å². The lowest BCUT2D eigenvalue weighted by Gasteiger charge is -2.21. The highest BCUT2D eigenvalue weighted by atomic mass is 16.3. The molecule has 0 radical (unpaired) electrons. The minimum Gasteiger partial charge on any atom is -0.391 e. The first-order valence-electron chi connectivity index (χ1n) is 5.43. The first-order chi connectivity index (χ1) is 8.09. The van der Waals surface area contributed by atoms with Crippen LogP contribution in [0.4, 0.5) is 0 Å². The van der Waals surface area contributed by atoms with Crippen molar-refractivity contribution in [1.29, 1.82) is 0 Å². The SMILES string of the molecule is NC(=O)[C@H]1C[C@H](O)CN1C(=O)c1ccccc1. The van der Waals surface area contributed by atoms with Crippen molar-refractivity contribution in [3.63, 3.8) is 0 Å². The number of rotatable bonds is 2. The van der Waals surface area contributed by atoms with Crippen LogP contribution in [0, 0.1) is 0 Å². The van der Waals surface area contributed by atoms with Gasteiger partial charge in [-0.15, -0.1) is 0 Å². The van der Waals surface area contributed by atoms with Gasteiger partial charge in [0, 0.05) is 18.5 Å². The molecule has 0 aromatic heterocycles. The fourth-order valence-corrected chi connectivity index (χ4v) is 2.05. The Hall–Kier alpha value is -1.88. The zero-order valence-corrected chi connectivity index (χ0v) is 9.24. The molecule has 5 nitrogen and oxygen atoms in total. The summed E-state index contributed by atoms with van der Waals surface area (Å²) in [6.45, 7) is 0.154. The lowest BCUT2D eigenvalue weighted by molar-refractivity contribution is -0.121. The quantitative estimate of drug-likeness (QED) is 0.740. The maximum Gasteiger partial charge on any atom is 0.254 e. The van der Waals surface area contributed by atoms with Gasteiger partial charge < -0.3 is 15.7 Å².